The van der Waals surface area contributed by atoms with Gasteiger partial charge in [0.25, 0.3) is 0 Å². The van der Waals surface area contributed by atoms with Crippen LogP contribution in [0, 0.1) is 61.3 Å². The van der Waals surface area contributed by atoms with E-state index >= 15 is 0 Å². The summed E-state index contributed by atoms with van der Waals surface area (Å²) in [5.74, 6) is 0. The topological polar surface area (TPSA) is 265 Å². The maximum Gasteiger partial charge on any atom is 2.00 e. The molecule has 0 spiro atoms. The zero-order valence-electron chi connectivity index (χ0n) is 7.02. The third-order valence-corrected chi connectivity index (χ3v) is 0. The second-order valence-corrected chi connectivity index (χ2v) is 0.894. The summed E-state index contributed by atoms with van der Waals surface area (Å²) in [5.41, 5.74) is 0. The predicted molar refractivity (Wildman–Crippen MR) is 41.4 cm³/mol. The molecule has 0 aliphatic carbocycles. The third-order valence-electron chi connectivity index (χ3n) is 0. The first-order valence-corrected chi connectivity index (χ1v) is 2.19. The zero-order chi connectivity index (χ0) is 14.3. The molecule has 0 atom stereocenters. The van der Waals surface area contributed by atoms with Gasteiger partial charge in [-0.2, -0.15) is 0 Å². The molecule has 0 heterocycles. The monoisotopic (exact) mass is 307 g/mol. The van der Waals surface area contributed by atoms with Gasteiger partial charge in [0.2, 0.25) is 0 Å². The van der Waals surface area contributed by atoms with Crippen LogP contribution in [-0.2, 0) is 16.8 Å². The zero-order valence-corrected chi connectivity index (χ0v) is 8.06. The molecule has 0 aromatic rings. The molecular formula is CoN4O12-2. The largest absolute Gasteiger partial charge is 2.00 e. The van der Waals surface area contributed by atoms with Gasteiger partial charge in [-0.3, -0.25) is 0 Å². The van der Waals surface area contributed by atoms with E-state index in [9.17, 15) is 0 Å². The molecule has 0 rings (SSSR count). The van der Waals surface area contributed by atoms with E-state index in [2.05, 4.69) is 0 Å². The second-order valence-electron chi connectivity index (χ2n) is 0.894. The molecule has 0 aromatic carbocycles. The Morgan fingerprint density at radius 1 is 0.412 bits per heavy atom. The summed E-state index contributed by atoms with van der Waals surface area (Å²) < 4.78 is 0. The number of hydrogen-bond acceptors (Lipinski definition) is 12. The van der Waals surface area contributed by atoms with Gasteiger partial charge in [0, 0.05) is 0 Å². The van der Waals surface area contributed by atoms with Gasteiger partial charge in [0.1, 0.15) is 0 Å². The Bertz CT molecular complexity index is 159. The summed E-state index contributed by atoms with van der Waals surface area (Å²) >= 11 is 0. The Morgan fingerprint density at radius 2 is 0.412 bits per heavy atom. The minimum Gasteiger partial charge on any atom is -0.356 e. The van der Waals surface area contributed by atoms with Gasteiger partial charge in [-0.25, -0.2) is 0 Å². The number of rotatable bonds is 0. The van der Waals surface area contributed by atoms with E-state index in [-0.39, 0.29) is 16.8 Å². The maximum atomic E-state index is 8.25. The molecule has 0 N–H and O–H groups in total. The van der Waals surface area contributed by atoms with Crippen molar-refractivity contribution in [3.8, 4) is 0 Å². The van der Waals surface area contributed by atoms with Crippen LogP contribution < -0.4 is 0 Å². The van der Waals surface area contributed by atoms with E-state index in [0.717, 1.165) is 0 Å². The van der Waals surface area contributed by atoms with Crippen LogP contribution in [0.25, 0.3) is 0 Å². The Hall–Kier alpha value is -2.69. The van der Waals surface area contributed by atoms with Crippen LogP contribution in [-0.4, -0.2) is 20.3 Å². The van der Waals surface area contributed by atoms with Gasteiger partial charge in [0.15, 0.2) is 0 Å². The van der Waals surface area contributed by atoms with Crippen molar-refractivity contribution < 1.29 is 37.1 Å². The molecule has 0 fully saturated rings. The van der Waals surface area contributed by atoms with Gasteiger partial charge in [-0.1, -0.05) is 0 Å². The van der Waals surface area contributed by atoms with E-state index in [1.165, 1.54) is 0 Å². The molecular weight excluding hydrogens is 307 g/mol. The summed E-state index contributed by atoms with van der Waals surface area (Å²) in [5, 5.41) is 59.0. The van der Waals surface area contributed by atoms with Gasteiger partial charge in [-0.05, 0) is 0 Å². The van der Waals surface area contributed by atoms with Crippen molar-refractivity contribution in [3.63, 3.8) is 0 Å². The van der Waals surface area contributed by atoms with E-state index < -0.39 is 20.3 Å². The summed E-state index contributed by atoms with van der Waals surface area (Å²) in [7, 11) is 0. The van der Waals surface area contributed by atoms with Crippen LogP contribution in [0.5, 0.6) is 0 Å². The fourth-order valence-corrected chi connectivity index (χ4v) is 0. The molecule has 0 saturated carbocycles. The molecule has 17 heteroatoms. The summed E-state index contributed by atoms with van der Waals surface area (Å²) in [6, 6.07) is 0. The van der Waals surface area contributed by atoms with Gasteiger partial charge in [-0.15, -0.1) is 0 Å². The van der Waals surface area contributed by atoms with Gasteiger partial charge < -0.3 is 61.3 Å². The third kappa shape index (κ3) is 234. The van der Waals surface area contributed by atoms with Crippen molar-refractivity contribution in [1.82, 2.24) is 0 Å². The number of hydrogen-bond donors (Lipinski definition) is 0. The molecule has 0 bridgehead atoms. The molecule has 103 valence electrons. The average Bonchev–Trinajstić information content (AvgIpc) is 1.76. The molecule has 0 amide bonds. The van der Waals surface area contributed by atoms with E-state index in [4.69, 9.17) is 61.3 Å². The quantitative estimate of drug-likeness (QED) is 0.386. The van der Waals surface area contributed by atoms with E-state index in [0.29, 0.717) is 0 Å². The summed E-state index contributed by atoms with van der Waals surface area (Å²) in [4.78, 5) is 33.0. The van der Waals surface area contributed by atoms with Crippen LogP contribution in [0.3, 0.4) is 0 Å². The van der Waals surface area contributed by atoms with Crippen LogP contribution in [0.1, 0.15) is 0 Å². The first-order chi connectivity index (χ1) is 6.93. The number of nitrogens with zero attached hydrogens (tertiary/aromatic N) is 4. The normalized spacial score (nSPS) is 5.65. The van der Waals surface area contributed by atoms with Crippen LogP contribution in [0.15, 0.2) is 0 Å². The smallest absolute Gasteiger partial charge is 0.356 e. The standard InChI is InChI=1S/Co.4NO3/c;4*2-1(3)4/q+2;4*-1. The van der Waals surface area contributed by atoms with E-state index in [1.807, 2.05) is 0 Å². The van der Waals surface area contributed by atoms with Crippen LogP contribution in [0.2, 0.25) is 0 Å². The first-order valence-electron chi connectivity index (χ1n) is 2.19. The van der Waals surface area contributed by atoms with Crippen molar-refractivity contribution in [2.75, 3.05) is 0 Å². The Labute approximate surface area is 99.3 Å². The summed E-state index contributed by atoms with van der Waals surface area (Å²) in [6.45, 7) is 0. The minimum atomic E-state index is -1.75. The molecule has 16 nitrogen and oxygen atoms in total. The maximum absolute atomic E-state index is 8.25. The molecule has 17 heavy (non-hydrogen) atoms. The van der Waals surface area contributed by atoms with Crippen LogP contribution in [0.4, 0.5) is 0 Å². The molecule has 1 radical (unpaired) electrons. The fraction of sp³-hybridized carbons (Fsp3) is 0. The van der Waals surface area contributed by atoms with Crippen molar-refractivity contribution >= 4 is 0 Å². The molecule has 0 aliphatic rings. The molecule has 0 aliphatic heterocycles. The SMILES string of the molecule is O=[N+]([O-])[O-].O=[N+]([O-])[O-].O=[N+]([O-])[O-].O=[N+]([O-])[O-].[Co+2]. The van der Waals surface area contributed by atoms with Crippen LogP contribution >= 0.6 is 0 Å². The Kier molecular flexibility index (Phi) is 40.0. The first kappa shape index (κ1) is 29.2. The van der Waals surface area contributed by atoms with Crippen molar-refractivity contribution in [3.05, 3.63) is 61.3 Å². The fourth-order valence-electron chi connectivity index (χ4n) is 0. The Morgan fingerprint density at radius 3 is 0.412 bits per heavy atom. The predicted octanol–water partition coefficient (Wildman–Crippen LogP) is -0.959. The molecule has 0 unspecified atom stereocenters. The van der Waals surface area contributed by atoms with Crippen molar-refractivity contribution in [2.24, 2.45) is 0 Å². The second kappa shape index (κ2) is 23.3. The minimum absolute atomic E-state index is 0. The van der Waals surface area contributed by atoms with Gasteiger partial charge >= 0.3 is 16.8 Å². The average molecular weight is 307 g/mol. The van der Waals surface area contributed by atoms with Gasteiger partial charge in [0.05, 0.1) is 20.3 Å². The van der Waals surface area contributed by atoms with Crippen molar-refractivity contribution in [2.45, 2.75) is 0 Å². The van der Waals surface area contributed by atoms with E-state index in [1.54, 1.807) is 0 Å². The summed E-state index contributed by atoms with van der Waals surface area (Å²) in [6.07, 6.45) is 0. The van der Waals surface area contributed by atoms with Crippen molar-refractivity contribution in [1.29, 1.82) is 0 Å². The molecule has 0 aromatic heterocycles. The molecule has 0 saturated heterocycles. The Balaban J connectivity index is -0.0000000369.